The Balaban J connectivity index is 1.44. The third kappa shape index (κ3) is 15.3. The Bertz CT molecular complexity index is 2000. The number of β-amino-alcohol motifs (C(OH)–C–C–N with tert-alkyl or cyclic N) is 1. The molecule has 2 aromatic rings. The molecule has 18 nitrogen and oxygen atoms in total. The number of pyridine rings is 1. The zero-order valence-electron chi connectivity index (χ0n) is 42.1. The zero-order chi connectivity index (χ0) is 50.6. The maximum atomic E-state index is 14.2. The number of para-hydroxylation sites is 1. The van der Waals surface area contributed by atoms with Crippen LogP contribution in [0.1, 0.15) is 98.5 Å². The third-order valence-corrected chi connectivity index (χ3v) is 13.7. The number of hydrogen-bond acceptors (Lipinski definition) is 17. The summed E-state index contributed by atoms with van der Waals surface area (Å²) >= 11 is 0. The second-order valence-corrected chi connectivity index (χ2v) is 19.6. The van der Waals surface area contributed by atoms with Gasteiger partial charge in [-0.15, -0.1) is 0 Å². The maximum Gasteiger partial charge on any atom is 0.305 e. The summed E-state index contributed by atoms with van der Waals surface area (Å²) in [6.45, 7) is 11.0. The Hall–Kier alpha value is -3.95. The number of aromatic nitrogens is 1. The number of ether oxygens (including phenoxy) is 7. The van der Waals surface area contributed by atoms with Crippen molar-refractivity contribution >= 4 is 41.1 Å². The molecule has 0 radical (unpaired) electrons. The highest BCUT2D eigenvalue weighted by molar-refractivity contribution is 5.80. The van der Waals surface area contributed by atoms with E-state index in [-0.39, 0.29) is 50.5 Å². The smallest absolute Gasteiger partial charge is 0.305 e. The van der Waals surface area contributed by atoms with Gasteiger partial charge in [-0.25, -0.2) is 0 Å². The number of esters is 2. The van der Waals surface area contributed by atoms with Gasteiger partial charge >= 0.3 is 11.9 Å². The number of nitrogens with one attached hydrogen (secondary N) is 1. The van der Waals surface area contributed by atoms with Gasteiger partial charge in [0.25, 0.3) is 0 Å². The number of aldehydes is 1. The third-order valence-electron chi connectivity index (χ3n) is 13.7. The molecule has 3 fully saturated rings. The van der Waals surface area contributed by atoms with E-state index < -0.39 is 103 Å². The van der Waals surface area contributed by atoms with Gasteiger partial charge < -0.3 is 68.4 Å². The van der Waals surface area contributed by atoms with Crippen molar-refractivity contribution in [2.45, 2.75) is 178 Å². The minimum Gasteiger partial charge on any atom is -0.459 e. The molecular formula is C51H78N4O14. The average Bonchev–Trinajstić information content (AvgIpc) is 3.29. The van der Waals surface area contributed by atoms with Gasteiger partial charge in [0.05, 0.1) is 42.4 Å². The highest BCUT2D eigenvalue weighted by Gasteiger charge is 2.53. The van der Waals surface area contributed by atoms with Crippen molar-refractivity contribution in [1.82, 2.24) is 20.1 Å². The van der Waals surface area contributed by atoms with Crippen LogP contribution in [0.25, 0.3) is 17.0 Å². The van der Waals surface area contributed by atoms with Gasteiger partial charge in [-0.3, -0.25) is 19.4 Å². The van der Waals surface area contributed by atoms with Crippen molar-refractivity contribution in [2.75, 3.05) is 41.3 Å². The van der Waals surface area contributed by atoms with Crippen LogP contribution in [0, 0.1) is 11.8 Å². The summed E-state index contributed by atoms with van der Waals surface area (Å²) in [5.41, 5.74) is 0.298. The first kappa shape index (κ1) is 56.0. The first-order valence-corrected chi connectivity index (χ1v) is 24.5. The molecule has 69 heavy (non-hydrogen) atoms. The molecule has 386 valence electrons. The van der Waals surface area contributed by atoms with E-state index in [0.717, 1.165) is 22.8 Å². The molecule has 16 atom stereocenters. The minimum absolute atomic E-state index is 0.00177. The van der Waals surface area contributed by atoms with Crippen LogP contribution < -0.4 is 5.32 Å². The van der Waals surface area contributed by atoms with Crippen LogP contribution in [-0.2, 0) is 52.3 Å². The summed E-state index contributed by atoms with van der Waals surface area (Å²) in [6.07, 6.45) is -3.88. The highest BCUT2D eigenvalue weighted by atomic mass is 16.7. The van der Waals surface area contributed by atoms with Crippen molar-refractivity contribution in [3.05, 3.63) is 48.2 Å². The molecule has 4 heterocycles. The molecule has 3 aliphatic heterocycles. The molecule has 0 bridgehead atoms. The Morgan fingerprint density at radius 1 is 1.00 bits per heavy atom. The zero-order valence-corrected chi connectivity index (χ0v) is 42.1. The number of amides is 1. The van der Waals surface area contributed by atoms with E-state index in [4.69, 9.17) is 33.2 Å². The Labute approximate surface area is 407 Å². The van der Waals surface area contributed by atoms with E-state index in [1.165, 1.54) is 7.11 Å². The normalized spacial score (nSPS) is 35.8. The molecule has 3 aliphatic rings. The van der Waals surface area contributed by atoms with E-state index in [9.17, 15) is 34.5 Å². The van der Waals surface area contributed by atoms with Crippen LogP contribution in [-0.4, -0.2) is 181 Å². The summed E-state index contributed by atoms with van der Waals surface area (Å²) in [4.78, 5) is 60.5. The van der Waals surface area contributed by atoms with E-state index in [1.807, 2.05) is 61.4 Å². The minimum atomic E-state index is -1.50. The molecular weight excluding hydrogens is 893 g/mol. The number of nitrogens with zero attached hydrogens (tertiary/aromatic N) is 3. The fraction of sp³-hybridized carbons (Fsp3) is 0.706. The van der Waals surface area contributed by atoms with Crippen molar-refractivity contribution in [3.63, 3.8) is 0 Å². The first-order valence-electron chi connectivity index (χ1n) is 24.5. The summed E-state index contributed by atoms with van der Waals surface area (Å²) in [6, 6.07) is 8.77. The number of methoxy groups -OCH3 is 1. The van der Waals surface area contributed by atoms with Crippen LogP contribution in [0.5, 0.6) is 0 Å². The molecule has 3 saturated heterocycles. The Kier molecular flexibility index (Phi) is 21.1. The van der Waals surface area contributed by atoms with E-state index >= 15 is 0 Å². The van der Waals surface area contributed by atoms with E-state index in [0.29, 0.717) is 25.9 Å². The topological polar surface area (TPSA) is 225 Å². The second kappa shape index (κ2) is 26.0. The fourth-order valence-electron chi connectivity index (χ4n) is 9.87. The second-order valence-electron chi connectivity index (χ2n) is 19.6. The molecule has 4 N–H and O–H groups in total. The Morgan fingerprint density at radius 3 is 2.38 bits per heavy atom. The molecule has 1 aromatic heterocycles. The van der Waals surface area contributed by atoms with Crippen LogP contribution in [0.15, 0.2) is 42.6 Å². The molecule has 0 spiro atoms. The molecule has 1 amide bonds. The van der Waals surface area contributed by atoms with Gasteiger partial charge in [0.1, 0.15) is 36.3 Å². The number of carbonyl (C=O) groups excluding carboxylic acids is 4. The van der Waals surface area contributed by atoms with Gasteiger partial charge in [-0.1, -0.05) is 51.1 Å². The number of benzene rings is 1. The fourth-order valence-corrected chi connectivity index (χ4v) is 9.87. The predicted molar refractivity (Wildman–Crippen MR) is 256 cm³/mol. The van der Waals surface area contributed by atoms with Gasteiger partial charge in [-0.2, -0.15) is 0 Å². The SMILES string of the molecule is CCC(=O)O[C@@H]1CC(=O)NC(C/C=C/c2cnc3ccccc3c2)CCN(C)C[C@H](O)[C@H](C)C[C@H](CC=O)[C@H](O[C@@H]2OC(C)[C@@H](O[C@H]3CC(C)(O)[C@@H](OC(=O)CC)C(C)O3)C(N(C)C)C2O)[C@H]1OC. The summed E-state index contributed by atoms with van der Waals surface area (Å²) in [5, 5.41) is 39.5. The van der Waals surface area contributed by atoms with Crippen molar-refractivity contribution in [1.29, 1.82) is 0 Å². The molecule has 6 unspecified atom stereocenters. The van der Waals surface area contributed by atoms with Crippen molar-refractivity contribution < 1.29 is 67.7 Å². The average molecular weight is 971 g/mol. The highest BCUT2D eigenvalue weighted by Crippen LogP contribution is 2.38. The lowest BCUT2D eigenvalue weighted by atomic mass is 9.82. The standard InChI is InChI=1S/C51H78N4O14/c1-11-41(59)66-39-26-40(58)53-36(18-15-16-33-25-34-17-13-14-19-37(34)52-28-33)20-22-55(9)29-38(57)30(3)24-35(21-23-56)47(48(39)63-10)69-50-45(61)44(54(7)8)46(31(4)65-50)68-43-27-51(6,62)49(32(5)64-43)67-42(60)12-2/h13-17,19,23,25,28,30-32,35-36,38-39,43-50,57,61-62H,11-12,18,20-22,24,26-27,29H2,1-10H3,(H,53,58)/b16-15+/t30-,31?,32?,35+,36?,38+,39-,43+,44?,45?,46-,47+,48+,49+,50+,51?/m1/s1. The largest absolute Gasteiger partial charge is 0.459 e. The number of aliphatic hydroxyl groups excluding tert-OH is 2. The number of rotatable bonds is 15. The number of aliphatic hydroxyl groups is 3. The molecule has 0 aliphatic carbocycles. The van der Waals surface area contributed by atoms with Crippen LogP contribution in [0.4, 0.5) is 0 Å². The van der Waals surface area contributed by atoms with E-state index in [1.54, 1.807) is 59.8 Å². The summed E-state index contributed by atoms with van der Waals surface area (Å²) in [7, 11) is 6.84. The number of carbonyl (C=O) groups is 4. The predicted octanol–water partition coefficient (Wildman–Crippen LogP) is 3.79. The lowest BCUT2D eigenvalue weighted by Crippen LogP contribution is -2.66. The van der Waals surface area contributed by atoms with Crippen LogP contribution in [0.2, 0.25) is 0 Å². The molecule has 0 saturated carbocycles. The lowest BCUT2D eigenvalue weighted by molar-refractivity contribution is -0.344. The van der Waals surface area contributed by atoms with Gasteiger partial charge in [0.15, 0.2) is 18.7 Å². The van der Waals surface area contributed by atoms with Crippen LogP contribution in [0.3, 0.4) is 0 Å². The number of likely N-dealkylation sites (N-methyl/N-ethyl adjacent to an activating group) is 2. The molecule has 18 heteroatoms. The Morgan fingerprint density at radius 2 is 1.71 bits per heavy atom. The lowest BCUT2D eigenvalue weighted by Gasteiger charge is -2.50. The summed E-state index contributed by atoms with van der Waals surface area (Å²) < 4.78 is 43.7. The first-order chi connectivity index (χ1) is 32.8. The summed E-state index contributed by atoms with van der Waals surface area (Å²) in [5.74, 6) is -2.53. The van der Waals surface area contributed by atoms with Crippen molar-refractivity contribution in [3.8, 4) is 0 Å². The molecule has 1 aromatic carbocycles. The van der Waals surface area contributed by atoms with Crippen LogP contribution >= 0.6 is 0 Å². The van der Waals surface area contributed by atoms with Gasteiger partial charge in [-0.05, 0) is 97.3 Å². The quantitative estimate of drug-likeness (QED) is 0.147. The van der Waals surface area contributed by atoms with Gasteiger partial charge in [0, 0.05) is 57.0 Å². The molecule has 5 rings (SSSR count). The van der Waals surface area contributed by atoms with E-state index in [2.05, 4.69) is 10.3 Å². The maximum absolute atomic E-state index is 14.2. The van der Waals surface area contributed by atoms with Gasteiger partial charge in [0.2, 0.25) is 5.91 Å². The monoisotopic (exact) mass is 971 g/mol. The number of hydrogen-bond donors (Lipinski definition) is 4. The number of fused-ring (bicyclic) bond motifs is 1. The van der Waals surface area contributed by atoms with Crippen molar-refractivity contribution in [2.24, 2.45) is 11.8 Å².